The Bertz CT molecular complexity index is 902. The molecular formula is C21H21F2NO6. The van der Waals surface area contributed by atoms with Crippen LogP contribution in [0.4, 0.5) is 19.3 Å². The van der Waals surface area contributed by atoms with Crippen molar-refractivity contribution in [3.63, 3.8) is 0 Å². The molecule has 0 atom stereocenters. The minimum Gasteiger partial charge on any atom is -0.468 e. The van der Waals surface area contributed by atoms with Crippen LogP contribution < -0.4 is 5.32 Å². The largest absolute Gasteiger partial charge is 0.468 e. The molecule has 9 heteroatoms. The summed E-state index contributed by atoms with van der Waals surface area (Å²) in [7, 11) is 2.38. The van der Waals surface area contributed by atoms with E-state index in [2.05, 4.69) is 14.8 Å². The molecule has 0 aliphatic carbocycles. The lowest BCUT2D eigenvalue weighted by atomic mass is 9.97. The highest BCUT2D eigenvalue weighted by atomic mass is 19.1. The predicted octanol–water partition coefficient (Wildman–Crippen LogP) is 3.26. The van der Waals surface area contributed by atoms with Gasteiger partial charge in [0.25, 0.3) is 0 Å². The summed E-state index contributed by atoms with van der Waals surface area (Å²) in [6, 6.07) is 9.79. The van der Waals surface area contributed by atoms with E-state index in [1.165, 1.54) is 14.2 Å². The standard InChI is InChI=1S/C21H21F2NO6/c1-28-19(25)16(20(26)29-2)11-14-5-3-4-13(10-14)8-9-30-21(27)24-18-7-6-15(22)12-17(18)23/h3-7,10,12,16H,8-9,11H2,1-2H3,(H,24,27). The molecule has 30 heavy (non-hydrogen) atoms. The third-order valence-corrected chi connectivity index (χ3v) is 4.19. The van der Waals surface area contributed by atoms with Crippen molar-refractivity contribution < 1.29 is 37.4 Å². The topological polar surface area (TPSA) is 90.9 Å². The highest BCUT2D eigenvalue weighted by molar-refractivity contribution is 5.95. The molecule has 0 unspecified atom stereocenters. The van der Waals surface area contributed by atoms with E-state index in [0.29, 0.717) is 18.1 Å². The van der Waals surface area contributed by atoms with Crippen LogP contribution in [0.2, 0.25) is 0 Å². The number of methoxy groups -OCH3 is 2. The number of carbonyl (C=O) groups excluding carboxylic acids is 3. The first-order chi connectivity index (χ1) is 14.3. The van der Waals surface area contributed by atoms with Crippen LogP contribution in [-0.4, -0.2) is 38.9 Å². The number of halogens is 2. The third kappa shape index (κ3) is 6.54. The Morgan fingerprint density at radius 2 is 1.63 bits per heavy atom. The minimum atomic E-state index is -1.08. The Morgan fingerprint density at radius 3 is 2.27 bits per heavy atom. The summed E-state index contributed by atoms with van der Waals surface area (Å²) in [6.07, 6.45) is -0.444. The van der Waals surface area contributed by atoms with Crippen LogP contribution in [0, 0.1) is 17.6 Å². The van der Waals surface area contributed by atoms with Crippen LogP contribution in [0.15, 0.2) is 42.5 Å². The van der Waals surface area contributed by atoms with Crippen LogP contribution in [0.25, 0.3) is 0 Å². The Kier molecular flexibility index (Phi) is 8.28. The highest BCUT2D eigenvalue weighted by Crippen LogP contribution is 2.16. The van der Waals surface area contributed by atoms with Crippen LogP contribution >= 0.6 is 0 Å². The van der Waals surface area contributed by atoms with E-state index < -0.39 is 35.6 Å². The summed E-state index contributed by atoms with van der Waals surface area (Å²) in [5.41, 5.74) is 1.30. The Hall–Kier alpha value is -3.49. The molecule has 2 rings (SSSR count). The molecule has 0 bridgehead atoms. The van der Waals surface area contributed by atoms with Gasteiger partial charge in [-0.3, -0.25) is 14.9 Å². The first-order valence-electron chi connectivity index (χ1n) is 8.96. The number of ether oxygens (including phenoxy) is 3. The second kappa shape index (κ2) is 10.9. The van der Waals surface area contributed by atoms with Gasteiger partial charge in [0.1, 0.15) is 11.6 Å². The third-order valence-electron chi connectivity index (χ3n) is 4.19. The fourth-order valence-electron chi connectivity index (χ4n) is 2.69. The molecule has 160 valence electrons. The molecule has 0 saturated carbocycles. The maximum Gasteiger partial charge on any atom is 0.411 e. The molecule has 0 spiro atoms. The van der Waals surface area contributed by atoms with Crippen molar-refractivity contribution in [1.29, 1.82) is 0 Å². The van der Waals surface area contributed by atoms with Crippen LogP contribution in [0.1, 0.15) is 11.1 Å². The van der Waals surface area contributed by atoms with Gasteiger partial charge in [-0.05, 0) is 29.7 Å². The maximum atomic E-state index is 13.5. The fourth-order valence-corrected chi connectivity index (χ4v) is 2.69. The van der Waals surface area contributed by atoms with Crippen molar-refractivity contribution in [1.82, 2.24) is 0 Å². The van der Waals surface area contributed by atoms with Crippen LogP contribution in [0.3, 0.4) is 0 Å². The maximum absolute atomic E-state index is 13.5. The molecule has 7 nitrogen and oxygen atoms in total. The summed E-state index contributed by atoms with van der Waals surface area (Å²) in [6.45, 7) is -0.00443. The molecule has 1 amide bonds. The molecule has 0 radical (unpaired) electrons. The molecular weight excluding hydrogens is 400 g/mol. The molecule has 0 aliphatic heterocycles. The number of carbonyl (C=O) groups is 3. The summed E-state index contributed by atoms with van der Waals surface area (Å²) in [5, 5.41) is 2.19. The smallest absolute Gasteiger partial charge is 0.411 e. The van der Waals surface area contributed by atoms with Gasteiger partial charge >= 0.3 is 18.0 Å². The van der Waals surface area contributed by atoms with Gasteiger partial charge in [-0.15, -0.1) is 0 Å². The highest BCUT2D eigenvalue weighted by Gasteiger charge is 2.28. The summed E-state index contributed by atoms with van der Waals surface area (Å²) >= 11 is 0. The number of amides is 1. The lowest BCUT2D eigenvalue weighted by Gasteiger charge is -2.13. The molecule has 2 aromatic rings. The quantitative estimate of drug-likeness (QED) is 0.400. The van der Waals surface area contributed by atoms with Gasteiger partial charge in [-0.1, -0.05) is 24.3 Å². The van der Waals surface area contributed by atoms with Crippen molar-refractivity contribution in [3.05, 3.63) is 65.2 Å². The van der Waals surface area contributed by atoms with E-state index in [4.69, 9.17) is 4.74 Å². The van der Waals surface area contributed by atoms with E-state index in [-0.39, 0.29) is 18.7 Å². The zero-order valence-electron chi connectivity index (χ0n) is 16.4. The molecule has 1 N–H and O–H groups in total. The number of anilines is 1. The molecule has 2 aromatic carbocycles. The SMILES string of the molecule is COC(=O)C(Cc1cccc(CCOC(=O)Nc2ccc(F)cc2F)c1)C(=O)OC. The van der Waals surface area contributed by atoms with Gasteiger partial charge < -0.3 is 14.2 Å². The molecule has 0 fully saturated rings. The molecule has 0 saturated heterocycles. The van der Waals surface area contributed by atoms with Crippen molar-refractivity contribution in [2.45, 2.75) is 12.8 Å². The molecule has 0 heterocycles. The van der Waals surface area contributed by atoms with Gasteiger partial charge in [0.05, 0.1) is 26.5 Å². The first kappa shape index (κ1) is 22.8. The molecule has 0 aromatic heterocycles. The Balaban J connectivity index is 1.91. The Labute approximate surface area is 171 Å². The van der Waals surface area contributed by atoms with Crippen molar-refractivity contribution >= 4 is 23.7 Å². The minimum absolute atomic E-state index is 0.00443. The van der Waals surface area contributed by atoms with E-state index >= 15 is 0 Å². The van der Waals surface area contributed by atoms with Crippen LogP contribution in [-0.2, 0) is 36.6 Å². The van der Waals surface area contributed by atoms with E-state index in [0.717, 1.165) is 17.7 Å². The summed E-state index contributed by atoms with van der Waals surface area (Å²) < 4.78 is 40.7. The predicted molar refractivity (Wildman–Crippen MR) is 103 cm³/mol. The first-order valence-corrected chi connectivity index (χ1v) is 8.96. The average molecular weight is 421 g/mol. The van der Waals surface area contributed by atoms with E-state index in [1.807, 2.05) is 0 Å². The summed E-state index contributed by atoms with van der Waals surface area (Å²) in [4.78, 5) is 35.4. The van der Waals surface area contributed by atoms with Crippen molar-refractivity contribution in [3.8, 4) is 0 Å². The number of hydrogen-bond acceptors (Lipinski definition) is 6. The van der Waals surface area contributed by atoms with E-state index in [9.17, 15) is 23.2 Å². The normalized spacial score (nSPS) is 10.4. The second-order valence-electron chi connectivity index (χ2n) is 6.26. The van der Waals surface area contributed by atoms with Gasteiger partial charge in [0.15, 0.2) is 5.92 Å². The Morgan fingerprint density at radius 1 is 0.967 bits per heavy atom. The number of nitrogens with one attached hydrogen (secondary N) is 1. The van der Waals surface area contributed by atoms with Gasteiger partial charge in [0.2, 0.25) is 0 Å². The summed E-state index contributed by atoms with van der Waals surface area (Å²) in [5.74, 6) is -4.14. The zero-order chi connectivity index (χ0) is 22.1. The monoisotopic (exact) mass is 421 g/mol. The molecule has 0 aliphatic rings. The van der Waals surface area contributed by atoms with Gasteiger partial charge in [-0.25, -0.2) is 13.6 Å². The number of hydrogen-bond donors (Lipinski definition) is 1. The van der Waals surface area contributed by atoms with Crippen molar-refractivity contribution in [2.75, 3.05) is 26.1 Å². The van der Waals surface area contributed by atoms with Crippen molar-refractivity contribution in [2.24, 2.45) is 5.92 Å². The fraction of sp³-hybridized carbons (Fsp3) is 0.286. The lowest BCUT2D eigenvalue weighted by Crippen LogP contribution is -2.28. The van der Waals surface area contributed by atoms with E-state index in [1.54, 1.807) is 24.3 Å². The number of benzene rings is 2. The number of esters is 2. The zero-order valence-corrected chi connectivity index (χ0v) is 16.4. The second-order valence-corrected chi connectivity index (χ2v) is 6.26. The lowest BCUT2D eigenvalue weighted by molar-refractivity contribution is -0.158. The number of rotatable bonds is 8. The van der Waals surface area contributed by atoms with Gasteiger partial charge in [0, 0.05) is 12.5 Å². The van der Waals surface area contributed by atoms with Gasteiger partial charge in [-0.2, -0.15) is 0 Å². The average Bonchev–Trinajstić information content (AvgIpc) is 2.73. The van der Waals surface area contributed by atoms with Crippen LogP contribution in [0.5, 0.6) is 0 Å².